The summed E-state index contributed by atoms with van der Waals surface area (Å²) in [6.07, 6.45) is 4.65. The van der Waals surface area contributed by atoms with E-state index in [0.717, 1.165) is 46.5 Å². The highest BCUT2D eigenvalue weighted by Gasteiger charge is 2.31. The van der Waals surface area contributed by atoms with Crippen molar-refractivity contribution in [3.8, 4) is 5.75 Å². The third-order valence-corrected chi connectivity index (χ3v) is 8.16. The van der Waals surface area contributed by atoms with E-state index in [4.69, 9.17) is 27.9 Å². The Kier molecular flexibility index (Phi) is 9.15. The van der Waals surface area contributed by atoms with E-state index in [9.17, 15) is 9.59 Å². The molecule has 0 radical (unpaired) electrons. The van der Waals surface area contributed by atoms with Gasteiger partial charge in [0, 0.05) is 12.6 Å². The molecule has 2 amide bonds. The predicted octanol–water partition coefficient (Wildman–Crippen LogP) is 7.15. The molecule has 0 saturated heterocycles. The second-order valence-corrected chi connectivity index (χ2v) is 10.7. The molecule has 0 bridgehead atoms. The highest BCUT2D eigenvalue weighted by atomic mass is 79.9. The lowest BCUT2D eigenvalue weighted by Gasteiger charge is -2.31. The van der Waals surface area contributed by atoms with Gasteiger partial charge in [-0.25, -0.2) is 0 Å². The van der Waals surface area contributed by atoms with Gasteiger partial charge in [0.25, 0.3) is 5.91 Å². The van der Waals surface area contributed by atoms with Crippen LogP contribution in [0, 0.1) is 0 Å². The van der Waals surface area contributed by atoms with E-state index in [1.165, 1.54) is 0 Å². The number of hydrogen-bond donors (Lipinski definition) is 1. The van der Waals surface area contributed by atoms with Crippen molar-refractivity contribution in [3.63, 3.8) is 0 Å². The molecule has 4 rings (SSSR count). The Bertz CT molecular complexity index is 1250. The van der Waals surface area contributed by atoms with Crippen LogP contribution in [-0.4, -0.2) is 35.4 Å². The monoisotopic (exact) mass is 590 g/mol. The van der Waals surface area contributed by atoms with E-state index >= 15 is 0 Å². The fourth-order valence-corrected chi connectivity index (χ4v) is 5.60. The number of carbonyl (C=O) groups excluding carboxylic acids is 2. The summed E-state index contributed by atoms with van der Waals surface area (Å²) in [6.45, 7) is 1.93. The molecule has 0 aliphatic heterocycles. The maximum Gasteiger partial charge on any atom is 0.261 e. The van der Waals surface area contributed by atoms with E-state index in [1.54, 1.807) is 17.0 Å². The summed E-state index contributed by atoms with van der Waals surface area (Å²) in [6, 6.07) is 16.5. The number of rotatable bonds is 9. The van der Waals surface area contributed by atoms with Gasteiger partial charge in [-0.2, -0.15) is 0 Å². The lowest BCUT2D eigenvalue weighted by atomic mass is 10.1. The number of carbonyl (C=O) groups is 2. The number of nitrogens with one attached hydrogen (secondary N) is 1. The van der Waals surface area contributed by atoms with Crippen LogP contribution in [0.3, 0.4) is 0 Å². The summed E-state index contributed by atoms with van der Waals surface area (Å²) in [5, 5.41) is 6.06. The fraction of sp³-hybridized carbons (Fsp3) is 0.357. The van der Waals surface area contributed by atoms with E-state index in [-0.39, 0.29) is 31.0 Å². The van der Waals surface area contributed by atoms with Gasteiger partial charge in [0.2, 0.25) is 5.91 Å². The Labute approximate surface area is 230 Å². The molecule has 0 spiro atoms. The molecule has 190 valence electrons. The van der Waals surface area contributed by atoms with Gasteiger partial charge < -0.3 is 15.0 Å². The van der Waals surface area contributed by atoms with Crippen LogP contribution in [0.2, 0.25) is 10.0 Å². The molecule has 0 unspecified atom stereocenters. The molecule has 1 saturated carbocycles. The highest BCUT2D eigenvalue weighted by Crippen LogP contribution is 2.33. The summed E-state index contributed by atoms with van der Waals surface area (Å²) in [4.78, 5) is 28.4. The lowest BCUT2D eigenvalue weighted by molar-refractivity contribution is -0.143. The Morgan fingerprint density at radius 1 is 1.08 bits per heavy atom. The van der Waals surface area contributed by atoms with Crippen LogP contribution in [0.1, 0.15) is 44.6 Å². The van der Waals surface area contributed by atoms with Gasteiger partial charge in [0.15, 0.2) is 6.61 Å². The van der Waals surface area contributed by atoms with E-state index in [2.05, 4.69) is 21.2 Å². The molecule has 1 aliphatic rings. The number of hydrogen-bond acceptors (Lipinski definition) is 3. The average Bonchev–Trinajstić information content (AvgIpc) is 3.38. The van der Waals surface area contributed by atoms with Crippen molar-refractivity contribution in [2.45, 2.75) is 57.7 Å². The molecule has 0 heterocycles. The first-order valence-electron chi connectivity index (χ1n) is 12.2. The summed E-state index contributed by atoms with van der Waals surface area (Å²) < 4.78 is 6.75. The molecule has 0 aromatic heterocycles. The van der Waals surface area contributed by atoms with Gasteiger partial charge in [-0.3, -0.25) is 9.59 Å². The van der Waals surface area contributed by atoms with E-state index in [1.807, 2.05) is 49.4 Å². The fourth-order valence-electron chi connectivity index (χ4n) is 4.67. The summed E-state index contributed by atoms with van der Waals surface area (Å²) in [7, 11) is 0. The SMILES string of the molecule is CC[C@H](C(=O)NC1CCCC1)N(Cc1ccc(Cl)c(Cl)c1)C(=O)COc1ccc2ccccc2c1Br. The molecule has 3 aromatic rings. The van der Waals surface area contributed by atoms with Crippen LogP contribution < -0.4 is 10.1 Å². The van der Waals surface area contributed by atoms with Crippen molar-refractivity contribution in [2.24, 2.45) is 0 Å². The molecule has 8 heteroatoms. The first kappa shape index (κ1) is 26.8. The maximum atomic E-state index is 13.5. The summed E-state index contributed by atoms with van der Waals surface area (Å²) in [5.41, 5.74) is 0.789. The third-order valence-electron chi connectivity index (χ3n) is 6.60. The molecule has 1 fully saturated rings. The smallest absolute Gasteiger partial charge is 0.261 e. The number of halogens is 3. The van der Waals surface area contributed by atoms with Gasteiger partial charge in [-0.05, 0) is 69.7 Å². The quantitative estimate of drug-likeness (QED) is 0.287. The van der Waals surface area contributed by atoms with Crippen LogP contribution in [0.4, 0.5) is 0 Å². The Balaban J connectivity index is 1.55. The molecule has 3 aromatic carbocycles. The molecule has 36 heavy (non-hydrogen) atoms. The van der Waals surface area contributed by atoms with Gasteiger partial charge in [0.1, 0.15) is 11.8 Å². The minimum atomic E-state index is -0.629. The predicted molar refractivity (Wildman–Crippen MR) is 149 cm³/mol. The van der Waals surface area contributed by atoms with Gasteiger partial charge in [0.05, 0.1) is 14.5 Å². The molecular weight excluding hydrogens is 563 g/mol. The second-order valence-electron chi connectivity index (χ2n) is 9.07. The largest absolute Gasteiger partial charge is 0.483 e. The number of ether oxygens (including phenoxy) is 1. The first-order chi connectivity index (χ1) is 17.4. The minimum absolute atomic E-state index is 0.135. The summed E-state index contributed by atoms with van der Waals surface area (Å²) in [5.74, 6) is 0.152. The van der Waals surface area contributed by atoms with Crippen molar-refractivity contribution in [2.75, 3.05) is 6.61 Å². The lowest BCUT2D eigenvalue weighted by Crippen LogP contribution is -2.52. The van der Waals surface area contributed by atoms with Crippen LogP contribution in [-0.2, 0) is 16.1 Å². The Morgan fingerprint density at radius 2 is 1.83 bits per heavy atom. The zero-order chi connectivity index (χ0) is 25.7. The van der Waals surface area contributed by atoms with Crippen molar-refractivity contribution in [1.29, 1.82) is 0 Å². The number of amides is 2. The van der Waals surface area contributed by atoms with Crippen molar-refractivity contribution < 1.29 is 14.3 Å². The van der Waals surface area contributed by atoms with Gasteiger partial charge >= 0.3 is 0 Å². The Morgan fingerprint density at radius 3 is 2.56 bits per heavy atom. The highest BCUT2D eigenvalue weighted by molar-refractivity contribution is 9.10. The first-order valence-corrected chi connectivity index (χ1v) is 13.8. The number of fused-ring (bicyclic) bond motifs is 1. The maximum absolute atomic E-state index is 13.5. The van der Waals surface area contributed by atoms with Crippen LogP contribution in [0.25, 0.3) is 10.8 Å². The second kappa shape index (κ2) is 12.3. The van der Waals surface area contributed by atoms with Crippen molar-refractivity contribution in [1.82, 2.24) is 10.2 Å². The zero-order valence-corrected chi connectivity index (χ0v) is 23.2. The number of benzene rings is 3. The van der Waals surface area contributed by atoms with Crippen molar-refractivity contribution in [3.05, 3.63) is 74.7 Å². The molecule has 5 nitrogen and oxygen atoms in total. The van der Waals surface area contributed by atoms with Gasteiger partial charge in [-0.1, -0.05) is 79.4 Å². The molecular formula is C28H29BrCl2N2O3. The van der Waals surface area contributed by atoms with E-state index < -0.39 is 6.04 Å². The zero-order valence-electron chi connectivity index (χ0n) is 20.1. The molecule has 1 atom stereocenters. The Hall–Kier alpha value is -2.28. The van der Waals surface area contributed by atoms with E-state index in [0.29, 0.717) is 22.2 Å². The summed E-state index contributed by atoms with van der Waals surface area (Å²) >= 11 is 15.9. The van der Waals surface area contributed by atoms with Crippen LogP contribution >= 0.6 is 39.1 Å². The third kappa shape index (κ3) is 6.34. The normalized spacial score (nSPS) is 14.6. The van der Waals surface area contributed by atoms with Crippen molar-refractivity contribution >= 4 is 61.7 Å². The average molecular weight is 592 g/mol. The minimum Gasteiger partial charge on any atom is -0.483 e. The molecule has 1 aliphatic carbocycles. The van der Waals surface area contributed by atoms with Crippen LogP contribution in [0.5, 0.6) is 5.75 Å². The molecule has 1 N–H and O–H groups in total. The van der Waals surface area contributed by atoms with Crippen LogP contribution in [0.15, 0.2) is 59.1 Å². The standard InChI is InChI=1S/C28H29BrCl2N2O3/c1-2-24(28(35)32-20-8-4-5-9-20)33(16-18-11-13-22(30)23(31)15-18)26(34)17-36-25-14-12-19-7-3-6-10-21(19)27(25)29/h3,6-7,10-15,20,24H,2,4-5,8-9,16-17H2,1H3,(H,32,35)/t24-/m1/s1. The van der Waals surface area contributed by atoms with Gasteiger partial charge in [-0.15, -0.1) is 0 Å². The topological polar surface area (TPSA) is 58.6 Å². The number of nitrogens with zero attached hydrogens (tertiary/aromatic N) is 1.